The minimum atomic E-state index is -4.19. The van der Waals surface area contributed by atoms with Crippen molar-refractivity contribution in [2.75, 3.05) is 43.2 Å². The van der Waals surface area contributed by atoms with Crippen LogP contribution >= 0.6 is 30.1 Å². The lowest BCUT2D eigenvalue weighted by Crippen LogP contribution is -2.39. The predicted octanol–water partition coefficient (Wildman–Crippen LogP) is 3.33. The Hall–Kier alpha value is -2.46. The van der Waals surface area contributed by atoms with Crippen LogP contribution in [0, 0.1) is 0 Å². The summed E-state index contributed by atoms with van der Waals surface area (Å²) in [5.41, 5.74) is 0.373. The Morgan fingerprint density at radius 3 is 2.44 bits per heavy atom. The third-order valence-corrected chi connectivity index (χ3v) is 7.82. The summed E-state index contributed by atoms with van der Waals surface area (Å²) in [6, 6.07) is 8.48. The highest BCUT2D eigenvalue weighted by molar-refractivity contribution is 14.2. The maximum atomic E-state index is 13.4. The summed E-state index contributed by atoms with van der Waals surface area (Å²) in [5.74, 6) is 0.0103. The lowest BCUT2D eigenvalue weighted by Gasteiger charge is -2.24. The van der Waals surface area contributed by atoms with Gasteiger partial charge in [-0.1, -0.05) is 15.0 Å². The van der Waals surface area contributed by atoms with Gasteiger partial charge in [0.1, 0.15) is 17.2 Å². The molecule has 0 saturated heterocycles. The third-order valence-electron chi connectivity index (χ3n) is 4.55. The van der Waals surface area contributed by atoms with E-state index in [1.807, 2.05) is 0 Å². The number of aromatic nitrogens is 3. The molecule has 0 amide bonds. The first-order valence-corrected chi connectivity index (χ1v) is 15.1. The highest BCUT2D eigenvalue weighted by Gasteiger charge is 2.34. The van der Waals surface area contributed by atoms with E-state index in [2.05, 4.69) is 31.4 Å². The summed E-state index contributed by atoms with van der Waals surface area (Å²) in [6.45, 7) is 1.70. The molecule has 0 atom stereocenters. The Kier molecular flexibility index (Phi) is 9.07. The Morgan fingerprint density at radius 1 is 1.18 bits per heavy atom. The molecule has 3 aromatic rings. The molecule has 184 valence electrons. The van der Waals surface area contributed by atoms with Gasteiger partial charge >= 0.3 is 5.97 Å². The minimum absolute atomic E-state index is 0.0309. The van der Waals surface area contributed by atoms with Gasteiger partial charge in [-0.2, -0.15) is 0 Å². The van der Waals surface area contributed by atoms with E-state index in [9.17, 15) is 13.2 Å². The number of ether oxygens (including phenoxy) is 3. The standard InChI is InChI=1S/C20H23IN4O7S2/c1-4-31-17(26)13-34(27,28)24(10-12-33-21)20-23-22-19(16-9-6-11-32-16)25(20)18-14(29-2)7-5-8-15(18)30-3/h5-9,11H,4,10,12-13H2,1-3H3. The van der Waals surface area contributed by atoms with Gasteiger partial charge in [0.15, 0.2) is 11.5 Å². The van der Waals surface area contributed by atoms with E-state index in [0.29, 0.717) is 28.7 Å². The molecule has 1 aromatic carbocycles. The van der Waals surface area contributed by atoms with E-state index >= 15 is 0 Å². The molecule has 0 aliphatic heterocycles. The van der Waals surface area contributed by atoms with Crippen molar-refractivity contribution in [1.82, 2.24) is 14.8 Å². The first-order chi connectivity index (χ1) is 16.4. The minimum Gasteiger partial charge on any atom is -0.494 e. The number of carbonyl (C=O) groups is 1. The number of para-hydroxylation sites is 1. The number of benzene rings is 1. The van der Waals surface area contributed by atoms with Crippen LogP contribution in [0.2, 0.25) is 0 Å². The number of halogens is 1. The quantitative estimate of drug-likeness (QED) is 0.219. The zero-order valence-electron chi connectivity index (χ0n) is 18.6. The van der Waals surface area contributed by atoms with Gasteiger partial charge in [0.05, 0.1) is 27.1 Å². The van der Waals surface area contributed by atoms with Gasteiger partial charge in [-0.3, -0.25) is 9.36 Å². The van der Waals surface area contributed by atoms with Gasteiger partial charge < -0.3 is 18.6 Å². The Morgan fingerprint density at radius 2 is 1.88 bits per heavy atom. The molecule has 0 saturated carbocycles. The van der Waals surface area contributed by atoms with Gasteiger partial charge in [0.25, 0.3) is 0 Å². The Balaban J connectivity index is 2.28. The fourth-order valence-corrected chi connectivity index (χ4v) is 5.40. The Labute approximate surface area is 213 Å². The van der Waals surface area contributed by atoms with Crippen molar-refractivity contribution in [2.45, 2.75) is 6.92 Å². The van der Waals surface area contributed by atoms with Crippen LogP contribution in [0.25, 0.3) is 17.3 Å². The molecule has 0 spiro atoms. The lowest BCUT2D eigenvalue weighted by atomic mass is 10.2. The summed E-state index contributed by atoms with van der Waals surface area (Å²) < 4.78 is 50.7. The summed E-state index contributed by atoms with van der Waals surface area (Å²) in [7, 11) is 0.192. The van der Waals surface area contributed by atoms with Crippen molar-refractivity contribution in [3.63, 3.8) is 0 Å². The molecule has 11 nitrogen and oxygen atoms in total. The van der Waals surface area contributed by atoms with Crippen molar-refractivity contribution < 1.29 is 31.8 Å². The van der Waals surface area contributed by atoms with Gasteiger partial charge in [-0.15, -0.1) is 10.2 Å². The number of furan rings is 1. The average Bonchev–Trinajstić information content (AvgIpc) is 3.48. The molecule has 0 fully saturated rings. The fraction of sp³-hybridized carbons (Fsp3) is 0.350. The predicted molar refractivity (Wildman–Crippen MR) is 136 cm³/mol. The molecule has 14 heteroatoms. The lowest BCUT2D eigenvalue weighted by molar-refractivity contribution is -0.139. The van der Waals surface area contributed by atoms with E-state index in [1.165, 1.54) is 34.0 Å². The largest absolute Gasteiger partial charge is 0.494 e. The zero-order valence-corrected chi connectivity index (χ0v) is 22.4. The van der Waals surface area contributed by atoms with Crippen molar-refractivity contribution in [1.29, 1.82) is 0 Å². The Bertz CT molecular complexity index is 1190. The first kappa shape index (κ1) is 26.2. The summed E-state index contributed by atoms with van der Waals surface area (Å²) in [6.07, 6.45) is 1.47. The number of carbonyl (C=O) groups excluding carboxylic acids is 1. The van der Waals surface area contributed by atoms with E-state index in [1.54, 1.807) is 37.3 Å². The molecule has 0 radical (unpaired) electrons. The summed E-state index contributed by atoms with van der Waals surface area (Å²) in [4.78, 5) is 12.1. The van der Waals surface area contributed by atoms with Crippen LogP contribution in [0.3, 0.4) is 0 Å². The SMILES string of the molecule is CCOC(=O)CS(=O)(=O)N(CCSI)c1nnc(-c2ccco2)n1-c1c(OC)cccc1OC. The molecule has 2 aromatic heterocycles. The maximum absolute atomic E-state index is 13.4. The van der Waals surface area contributed by atoms with Crippen molar-refractivity contribution in [2.24, 2.45) is 0 Å². The van der Waals surface area contributed by atoms with E-state index in [0.717, 1.165) is 4.31 Å². The molecular weight excluding hydrogens is 599 g/mol. The first-order valence-electron chi connectivity index (χ1n) is 9.98. The van der Waals surface area contributed by atoms with Crippen LogP contribution in [0.5, 0.6) is 11.5 Å². The van der Waals surface area contributed by atoms with Crippen LogP contribution in [0.15, 0.2) is 41.0 Å². The van der Waals surface area contributed by atoms with E-state index < -0.39 is 21.7 Å². The van der Waals surface area contributed by atoms with Gasteiger partial charge in [0.2, 0.25) is 21.8 Å². The third kappa shape index (κ3) is 5.60. The number of anilines is 1. The molecule has 0 aliphatic rings. The van der Waals surface area contributed by atoms with Crippen LogP contribution in [-0.4, -0.2) is 68.0 Å². The molecule has 0 N–H and O–H groups in total. The normalized spacial score (nSPS) is 11.3. The van der Waals surface area contributed by atoms with E-state index in [4.69, 9.17) is 18.6 Å². The second-order valence-corrected chi connectivity index (χ2v) is 11.0. The van der Waals surface area contributed by atoms with Gasteiger partial charge in [-0.05, 0) is 52.4 Å². The molecule has 3 rings (SSSR count). The molecule has 34 heavy (non-hydrogen) atoms. The molecule has 0 unspecified atom stereocenters. The molecule has 0 aliphatic carbocycles. The smallest absolute Gasteiger partial charge is 0.323 e. The van der Waals surface area contributed by atoms with E-state index in [-0.39, 0.29) is 24.9 Å². The van der Waals surface area contributed by atoms with Crippen LogP contribution in [-0.2, 0) is 19.6 Å². The second-order valence-electron chi connectivity index (χ2n) is 6.59. The molecule has 2 heterocycles. The molecule has 0 bridgehead atoms. The second kappa shape index (κ2) is 11.8. The van der Waals surface area contributed by atoms with Crippen LogP contribution < -0.4 is 13.8 Å². The number of hydrogen-bond donors (Lipinski definition) is 0. The summed E-state index contributed by atoms with van der Waals surface area (Å²) in [5, 5.41) is 8.42. The average molecular weight is 622 g/mol. The van der Waals surface area contributed by atoms with Crippen LogP contribution in [0.1, 0.15) is 6.92 Å². The summed E-state index contributed by atoms with van der Waals surface area (Å²) >= 11 is 2.07. The number of rotatable bonds is 12. The van der Waals surface area contributed by atoms with Crippen LogP contribution in [0.4, 0.5) is 5.95 Å². The van der Waals surface area contributed by atoms with Gasteiger partial charge in [0, 0.05) is 12.3 Å². The highest BCUT2D eigenvalue weighted by atomic mass is 127. The van der Waals surface area contributed by atoms with Crippen molar-refractivity contribution >= 4 is 52.1 Å². The van der Waals surface area contributed by atoms with Gasteiger partial charge in [-0.25, -0.2) is 12.7 Å². The fourth-order valence-electron chi connectivity index (χ4n) is 3.17. The molecular formula is C20H23IN4O7S2. The van der Waals surface area contributed by atoms with Crippen molar-refractivity contribution in [3.05, 3.63) is 36.6 Å². The number of hydrogen-bond acceptors (Lipinski definition) is 10. The highest BCUT2D eigenvalue weighted by Crippen LogP contribution is 2.39. The number of sulfonamides is 1. The maximum Gasteiger partial charge on any atom is 0.323 e. The van der Waals surface area contributed by atoms with Crippen molar-refractivity contribution in [3.8, 4) is 28.8 Å². The monoisotopic (exact) mass is 622 g/mol. The number of methoxy groups -OCH3 is 2. The number of esters is 1. The topological polar surface area (TPSA) is 126 Å². The zero-order chi connectivity index (χ0) is 24.7. The number of nitrogens with zero attached hydrogens (tertiary/aromatic N) is 4.